The summed E-state index contributed by atoms with van der Waals surface area (Å²) in [7, 11) is 1.58. The second-order valence-electron chi connectivity index (χ2n) is 7.10. The van der Waals surface area contributed by atoms with Crippen molar-refractivity contribution < 1.29 is 13.9 Å². The molecule has 32 heavy (non-hydrogen) atoms. The third-order valence-corrected chi connectivity index (χ3v) is 5.50. The highest BCUT2D eigenvalue weighted by molar-refractivity contribution is 6.33. The molecule has 0 aliphatic rings. The molecule has 2 aromatic carbocycles. The molecular weight excluding hydrogens is 456 g/mol. The fraction of sp³-hybridized carbons (Fsp3) is 0.174. The molecule has 9 heteroatoms. The van der Waals surface area contributed by atoms with E-state index in [0.717, 1.165) is 11.1 Å². The summed E-state index contributed by atoms with van der Waals surface area (Å²) in [4.78, 5) is 21.9. The van der Waals surface area contributed by atoms with Crippen LogP contribution in [0.4, 0.5) is 4.39 Å². The number of pyridine rings is 1. The molecule has 0 saturated heterocycles. The lowest BCUT2D eigenvalue weighted by molar-refractivity contribution is 0.287. The minimum absolute atomic E-state index is 0.0667. The molecule has 0 saturated carbocycles. The van der Waals surface area contributed by atoms with Crippen LogP contribution in [0.25, 0.3) is 10.9 Å². The summed E-state index contributed by atoms with van der Waals surface area (Å²) < 4.78 is 26.2. The Bertz CT molecular complexity index is 1370. The third kappa shape index (κ3) is 4.40. The van der Waals surface area contributed by atoms with Crippen molar-refractivity contribution >= 4 is 34.1 Å². The van der Waals surface area contributed by atoms with Crippen LogP contribution in [0.15, 0.2) is 53.5 Å². The van der Waals surface area contributed by atoms with Gasteiger partial charge in [-0.25, -0.2) is 14.4 Å². The molecule has 6 nitrogen and oxygen atoms in total. The van der Waals surface area contributed by atoms with E-state index < -0.39 is 5.82 Å². The molecule has 0 spiro atoms. The molecule has 164 valence electrons. The highest BCUT2D eigenvalue weighted by atomic mass is 35.5. The van der Waals surface area contributed by atoms with Crippen molar-refractivity contribution in [3.05, 3.63) is 92.0 Å². The van der Waals surface area contributed by atoms with E-state index in [1.807, 2.05) is 25.1 Å². The summed E-state index contributed by atoms with van der Waals surface area (Å²) in [6.45, 7) is 2.08. The number of rotatable bonds is 6. The summed E-state index contributed by atoms with van der Waals surface area (Å²) in [5.41, 5.74) is 1.82. The molecule has 0 fully saturated rings. The third-order valence-electron chi connectivity index (χ3n) is 4.94. The van der Waals surface area contributed by atoms with Crippen molar-refractivity contribution in [3.8, 4) is 11.5 Å². The maximum absolute atomic E-state index is 13.5. The maximum Gasteiger partial charge on any atom is 0.261 e. The number of fused-ring (bicyclic) bond motifs is 1. The van der Waals surface area contributed by atoms with Crippen LogP contribution in [-0.2, 0) is 13.2 Å². The Balaban J connectivity index is 1.80. The van der Waals surface area contributed by atoms with Crippen LogP contribution in [0.3, 0.4) is 0 Å². The molecule has 0 atom stereocenters. The number of aryl methyl sites for hydroxylation is 1. The largest absolute Gasteiger partial charge is 0.496 e. The van der Waals surface area contributed by atoms with Gasteiger partial charge < -0.3 is 9.47 Å². The van der Waals surface area contributed by atoms with E-state index in [1.165, 1.54) is 29.0 Å². The van der Waals surface area contributed by atoms with Crippen LogP contribution in [0.5, 0.6) is 11.5 Å². The van der Waals surface area contributed by atoms with E-state index in [4.69, 9.17) is 32.7 Å². The monoisotopic (exact) mass is 473 g/mol. The van der Waals surface area contributed by atoms with Gasteiger partial charge in [-0.1, -0.05) is 35.3 Å². The Labute approximate surface area is 193 Å². The Morgan fingerprint density at radius 2 is 1.94 bits per heavy atom. The first-order valence-electron chi connectivity index (χ1n) is 9.62. The van der Waals surface area contributed by atoms with Gasteiger partial charge in [0.05, 0.1) is 24.1 Å². The van der Waals surface area contributed by atoms with E-state index in [-0.39, 0.29) is 34.4 Å². The fourth-order valence-electron chi connectivity index (χ4n) is 3.30. The number of ether oxygens (including phenoxy) is 2. The lowest BCUT2D eigenvalue weighted by atomic mass is 10.1. The van der Waals surface area contributed by atoms with Crippen LogP contribution >= 0.6 is 23.2 Å². The van der Waals surface area contributed by atoms with Crippen molar-refractivity contribution in [3.63, 3.8) is 0 Å². The molecule has 2 heterocycles. The second kappa shape index (κ2) is 9.14. The van der Waals surface area contributed by atoms with Crippen LogP contribution in [0.2, 0.25) is 10.2 Å². The van der Waals surface area contributed by atoms with Crippen LogP contribution in [-0.4, -0.2) is 21.6 Å². The SMILES string of the molecule is COc1cc(C)ccc1Cn1c(COc2ccc(F)c(Cl)c2)nc2c(Cl)nccc2c1=O. The van der Waals surface area contributed by atoms with Crippen molar-refractivity contribution in [1.29, 1.82) is 0 Å². The first kappa shape index (κ1) is 22.0. The van der Waals surface area contributed by atoms with E-state index in [2.05, 4.69) is 9.97 Å². The number of methoxy groups -OCH3 is 1. The predicted octanol–water partition coefficient (Wildman–Crippen LogP) is 5.18. The zero-order chi connectivity index (χ0) is 22.8. The van der Waals surface area contributed by atoms with Gasteiger partial charge >= 0.3 is 0 Å². The highest BCUT2D eigenvalue weighted by Crippen LogP contribution is 2.24. The molecule has 0 unspecified atom stereocenters. The standard InChI is InChI=1S/C23H18Cl2FN3O3/c1-13-3-4-14(19(9-13)31-2)11-29-20(12-32-15-5-6-18(26)17(24)10-15)28-21-16(23(29)30)7-8-27-22(21)25/h3-10H,11-12H2,1-2H3. The van der Waals surface area contributed by atoms with Gasteiger partial charge in [-0.05, 0) is 36.8 Å². The summed E-state index contributed by atoms with van der Waals surface area (Å²) in [5, 5.41) is 0.387. The normalized spacial score (nSPS) is 11.0. The first-order valence-corrected chi connectivity index (χ1v) is 10.4. The zero-order valence-electron chi connectivity index (χ0n) is 17.2. The van der Waals surface area contributed by atoms with Gasteiger partial charge in [0.1, 0.15) is 29.4 Å². The van der Waals surface area contributed by atoms with E-state index >= 15 is 0 Å². The molecule has 0 radical (unpaired) electrons. The lowest BCUT2D eigenvalue weighted by Gasteiger charge is -2.16. The van der Waals surface area contributed by atoms with Gasteiger partial charge in [0, 0.05) is 17.8 Å². The Hall–Kier alpha value is -3.16. The quantitative estimate of drug-likeness (QED) is 0.361. The number of hydrogen-bond acceptors (Lipinski definition) is 5. The molecular formula is C23H18Cl2FN3O3. The molecule has 0 aliphatic carbocycles. The number of benzene rings is 2. The van der Waals surface area contributed by atoms with Crippen LogP contribution in [0, 0.1) is 12.7 Å². The van der Waals surface area contributed by atoms with Gasteiger partial charge in [0.15, 0.2) is 11.0 Å². The van der Waals surface area contributed by atoms with Gasteiger partial charge in [0.2, 0.25) is 0 Å². The van der Waals surface area contributed by atoms with Crippen molar-refractivity contribution in [1.82, 2.24) is 14.5 Å². The van der Waals surface area contributed by atoms with Crippen LogP contribution < -0.4 is 15.0 Å². The number of halogens is 3. The van der Waals surface area contributed by atoms with Crippen molar-refractivity contribution in [2.45, 2.75) is 20.1 Å². The topological polar surface area (TPSA) is 66.2 Å². The number of hydrogen-bond donors (Lipinski definition) is 0. The predicted molar refractivity (Wildman–Crippen MR) is 121 cm³/mol. The molecule has 4 aromatic rings. The zero-order valence-corrected chi connectivity index (χ0v) is 18.7. The minimum atomic E-state index is -0.552. The Morgan fingerprint density at radius 3 is 2.69 bits per heavy atom. The molecule has 0 N–H and O–H groups in total. The van der Waals surface area contributed by atoms with Crippen molar-refractivity contribution in [2.75, 3.05) is 7.11 Å². The highest BCUT2D eigenvalue weighted by Gasteiger charge is 2.16. The number of nitrogens with zero attached hydrogens (tertiary/aromatic N) is 3. The molecule has 0 bridgehead atoms. The van der Waals surface area contributed by atoms with Crippen molar-refractivity contribution in [2.24, 2.45) is 0 Å². The van der Waals surface area contributed by atoms with E-state index in [9.17, 15) is 9.18 Å². The first-order chi connectivity index (χ1) is 15.4. The average molecular weight is 474 g/mol. The summed E-state index contributed by atoms with van der Waals surface area (Å²) in [6, 6.07) is 11.3. The Kier molecular flexibility index (Phi) is 6.30. The average Bonchev–Trinajstić information content (AvgIpc) is 2.78. The Morgan fingerprint density at radius 1 is 1.12 bits per heavy atom. The summed E-state index contributed by atoms with van der Waals surface area (Å²) in [6.07, 6.45) is 1.46. The summed E-state index contributed by atoms with van der Waals surface area (Å²) >= 11 is 12.0. The van der Waals surface area contributed by atoms with Gasteiger partial charge in [-0.3, -0.25) is 9.36 Å². The smallest absolute Gasteiger partial charge is 0.261 e. The number of aromatic nitrogens is 3. The molecule has 0 aliphatic heterocycles. The molecule has 2 aromatic heterocycles. The molecule has 4 rings (SSSR count). The molecule has 0 amide bonds. The van der Waals surface area contributed by atoms with E-state index in [0.29, 0.717) is 22.7 Å². The van der Waals surface area contributed by atoms with Gasteiger partial charge in [-0.2, -0.15) is 0 Å². The second-order valence-corrected chi connectivity index (χ2v) is 7.86. The van der Waals surface area contributed by atoms with Gasteiger partial charge in [-0.15, -0.1) is 0 Å². The van der Waals surface area contributed by atoms with Gasteiger partial charge in [0.25, 0.3) is 5.56 Å². The minimum Gasteiger partial charge on any atom is -0.496 e. The van der Waals surface area contributed by atoms with Crippen LogP contribution in [0.1, 0.15) is 17.0 Å². The summed E-state index contributed by atoms with van der Waals surface area (Å²) in [5.74, 6) is 0.758. The fourth-order valence-corrected chi connectivity index (χ4v) is 3.67. The van der Waals surface area contributed by atoms with E-state index in [1.54, 1.807) is 13.2 Å². The maximum atomic E-state index is 13.5. The lowest BCUT2D eigenvalue weighted by Crippen LogP contribution is -2.27.